The smallest absolute Gasteiger partial charge is 0.0384 e. The van der Waals surface area contributed by atoms with E-state index in [1.54, 1.807) is 11.3 Å². The van der Waals surface area contributed by atoms with E-state index in [0.717, 1.165) is 12.8 Å². The summed E-state index contributed by atoms with van der Waals surface area (Å²) in [7, 11) is 0. The average Bonchev–Trinajstić information content (AvgIpc) is 2.57. The largest absolute Gasteiger partial charge is 0.149 e. The topological polar surface area (TPSA) is 0 Å². The molecular weight excluding hydrogens is 200 g/mol. The fraction of sp³-hybridized carbons (Fsp3) is 0.636. The molecule has 0 radical (unpaired) electrons. The number of alkyl halides is 1. The predicted molar refractivity (Wildman–Crippen MR) is 61.8 cm³/mol. The third kappa shape index (κ3) is 4.68. The van der Waals surface area contributed by atoms with Gasteiger partial charge in [-0.1, -0.05) is 32.3 Å². The molecule has 0 nitrogen and oxygen atoms in total. The Kier molecular flexibility index (Phi) is 5.49. The minimum atomic E-state index is 0.338. The van der Waals surface area contributed by atoms with E-state index in [0.29, 0.717) is 5.38 Å². The van der Waals surface area contributed by atoms with Gasteiger partial charge in [0.05, 0.1) is 0 Å². The number of rotatable bonds is 6. The van der Waals surface area contributed by atoms with Gasteiger partial charge in [-0.3, -0.25) is 0 Å². The molecule has 1 unspecified atom stereocenters. The van der Waals surface area contributed by atoms with Crippen molar-refractivity contribution in [1.29, 1.82) is 0 Å². The zero-order valence-corrected chi connectivity index (χ0v) is 9.70. The Morgan fingerprint density at radius 1 is 1.46 bits per heavy atom. The summed E-state index contributed by atoms with van der Waals surface area (Å²) < 4.78 is 0. The van der Waals surface area contributed by atoms with Gasteiger partial charge in [-0.25, -0.2) is 0 Å². The second-order valence-electron chi connectivity index (χ2n) is 3.38. The standard InChI is InChI=1S/C11H17ClS/c1-2-3-4-6-10(12)9-11-7-5-8-13-11/h5,7-8,10H,2-4,6,9H2,1H3. The highest BCUT2D eigenvalue weighted by molar-refractivity contribution is 7.09. The van der Waals surface area contributed by atoms with Crippen LogP contribution in [0, 0.1) is 0 Å². The maximum atomic E-state index is 6.21. The van der Waals surface area contributed by atoms with Crippen LogP contribution >= 0.6 is 22.9 Å². The van der Waals surface area contributed by atoms with Crippen LogP contribution in [-0.2, 0) is 6.42 Å². The van der Waals surface area contributed by atoms with Crippen LogP contribution in [0.1, 0.15) is 37.5 Å². The van der Waals surface area contributed by atoms with E-state index in [1.807, 2.05) is 0 Å². The molecule has 0 aromatic carbocycles. The Bertz CT molecular complexity index is 206. The number of hydrogen-bond donors (Lipinski definition) is 0. The lowest BCUT2D eigenvalue weighted by Crippen LogP contribution is -2.01. The predicted octanol–water partition coefficient (Wildman–Crippen LogP) is 4.48. The van der Waals surface area contributed by atoms with Crippen molar-refractivity contribution < 1.29 is 0 Å². The first kappa shape index (κ1) is 11.1. The molecule has 0 aliphatic heterocycles. The van der Waals surface area contributed by atoms with E-state index < -0.39 is 0 Å². The Balaban J connectivity index is 2.14. The first-order valence-electron chi connectivity index (χ1n) is 4.99. The van der Waals surface area contributed by atoms with Gasteiger partial charge in [-0.05, 0) is 24.3 Å². The quantitative estimate of drug-likeness (QED) is 0.486. The van der Waals surface area contributed by atoms with Crippen molar-refractivity contribution in [2.45, 2.75) is 44.4 Å². The van der Waals surface area contributed by atoms with Crippen LogP contribution in [0.15, 0.2) is 17.5 Å². The molecule has 0 spiro atoms. The van der Waals surface area contributed by atoms with Gasteiger partial charge in [0.25, 0.3) is 0 Å². The van der Waals surface area contributed by atoms with Gasteiger partial charge >= 0.3 is 0 Å². The molecule has 1 aromatic rings. The molecule has 1 rings (SSSR count). The van der Waals surface area contributed by atoms with Gasteiger partial charge in [-0.15, -0.1) is 22.9 Å². The fourth-order valence-corrected chi connectivity index (χ4v) is 2.56. The summed E-state index contributed by atoms with van der Waals surface area (Å²) in [6, 6.07) is 4.26. The summed E-state index contributed by atoms with van der Waals surface area (Å²) in [5.41, 5.74) is 0. The zero-order chi connectivity index (χ0) is 9.52. The molecule has 0 bridgehead atoms. The molecule has 0 amide bonds. The third-order valence-electron chi connectivity index (χ3n) is 2.12. The van der Waals surface area contributed by atoms with Gasteiger partial charge in [0, 0.05) is 10.3 Å². The van der Waals surface area contributed by atoms with Crippen LogP contribution in [0.3, 0.4) is 0 Å². The van der Waals surface area contributed by atoms with Crippen molar-refractivity contribution in [3.05, 3.63) is 22.4 Å². The summed E-state index contributed by atoms with van der Waals surface area (Å²) in [6.07, 6.45) is 6.07. The molecule has 0 aliphatic carbocycles. The summed E-state index contributed by atoms with van der Waals surface area (Å²) in [4.78, 5) is 1.41. The lowest BCUT2D eigenvalue weighted by molar-refractivity contribution is 0.640. The summed E-state index contributed by atoms with van der Waals surface area (Å²) in [5.74, 6) is 0. The molecule has 1 aromatic heterocycles. The molecule has 0 saturated heterocycles. The molecule has 74 valence electrons. The normalized spacial score (nSPS) is 13.1. The lowest BCUT2D eigenvalue weighted by Gasteiger charge is -2.06. The highest BCUT2D eigenvalue weighted by Crippen LogP contribution is 2.18. The van der Waals surface area contributed by atoms with E-state index in [2.05, 4.69) is 24.4 Å². The van der Waals surface area contributed by atoms with Crippen molar-refractivity contribution in [3.8, 4) is 0 Å². The molecule has 1 heterocycles. The van der Waals surface area contributed by atoms with E-state index in [9.17, 15) is 0 Å². The van der Waals surface area contributed by atoms with E-state index in [-0.39, 0.29) is 0 Å². The Morgan fingerprint density at radius 2 is 2.31 bits per heavy atom. The minimum Gasteiger partial charge on any atom is -0.149 e. The van der Waals surface area contributed by atoms with E-state index in [1.165, 1.54) is 24.1 Å². The fourth-order valence-electron chi connectivity index (χ4n) is 1.36. The molecule has 0 aliphatic rings. The van der Waals surface area contributed by atoms with E-state index >= 15 is 0 Å². The van der Waals surface area contributed by atoms with Crippen LogP contribution in [0.4, 0.5) is 0 Å². The SMILES string of the molecule is CCCCCC(Cl)Cc1cccs1. The first-order valence-corrected chi connectivity index (χ1v) is 6.31. The second kappa shape index (κ2) is 6.44. The minimum absolute atomic E-state index is 0.338. The van der Waals surface area contributed by atoms with Crippen molar-refractivity contribution in [1.82, 2.24) is 0 Å². The first-order chi connectivity index (χ1) is 6.33. The van der Waals surface area contributed by atoms with Crippen LogP contribution in [0.2, 0.25) is 0 Å². The average molecular weight is 217 g/mol. The van der Waals surface area contributed by atoms with Crippen LogP contribution in [0.5, 0.6) is 0 Å². The summed E-state index contributed by atoms with van der Waals surface area (Å²) >= 11 is 8.02. The van der Waals surface area contributed by atoms with Gasteiger partial charge < -0.3 is 0 Å². The molecule has 0 saturated carbocycles. The lowest BCUT2D eigenvalue weighted by atomic mass is 10.1. The van der Waals surface area contributed by atoms with Gasteiger partial charge in [0.2, 0.25) is 0 Å². The molecule has 2 heteroatoms. The molecule has 1 atom stereocenters. The maximum Gasteiger partial charge on any atom is 0.0384 e. The number of hydrogen-bond acceptors (Lipinski definition) is 1. The second-order valence-corrected chi connectivity index (χ2v) is 5.03. The number of thiophene rings is 1. The highest BCUT2D eigenvalue weighted by atomic mass is 35.5. The Labute approximate surface area is 89.9 Å². The molecular formula is C11H17ClS. The zero-order valence-electron chi connectivity index (χ0n) is 8.13. The summed E-state index contributed by atoms with van der Waals surface area (Å²) in [5, 5.41) is 2.45. The van der Waals surface area contributed by atoms with Crippen LogP contribution < -0.4 is 0 Å². The molecule has 0 N–H and O–H groups in total. The Morgan fingerprint density at radius 3 is 2.92 bits per heavy atom. The van der Waals surface area contributed by atoms with Crippen LogP contribution in [-0.4, -0.2) is 5.38 Å². The summed E-state index contributed by atoms with van der Waals surface area (Å²) in [6.45, 7) is 2.22. The third-order valence-corrected chi connectivity index (χ3v) is 3.39. The Hall–Kier alpha value is -0.0100. The maximum absolute atomic E-state index is 6.21. The van der Waals surface area contributed by atoms with Crippen molar-refractivity contribution in [2.24, 2.45) is 0 Å². The van der Waals surface area contributed by atoms with Crippen LogP contribution in [0.25, 0.3) is 0 Å². The number of halogens is 1. The monoisotopic (exact) mass is 216 g/mol. The molecule has 0 fully saturated rings. The number of unbranched alkanes of at least 4 members (excludes halogenated alkanes) is 2. The highest BCUT2D eigenvalue weighted by Gasteiger charge is 2.05. The van der Waals surface area contributed by atoms with Gasteiger partial charge in [0.1, 0.15) is 0 Å². The van der Waals surface area contributed by atoms with Crippen molar-refractivity contribution >= 4 is 22.9 Å². The van der Waals surface area contributed by atoms with Gasteiger partial charge in [-0.2, -0.15) is 0 Å². The van der Waals surface area contributed by atoms with E-state index in [4.69, 9.17) is 11.6 Å². The van der Waals surface area contributed by atoms with Crippen molar-refractivity contribution in [3.63, 3.8) is 0 Å². The van der Waals surface area contributed by atoms with Gasteiger partial charge in [0.15, 0.2) is 0 Å². The van der Waals surface area contributed by atoms with Crippen molar-refractivity contribution in [2.75, 3.05) is 0 Å². The molecule has 13 heavy (non-hydrogen) atoms.